The van der Waals surface area contributed by atoms with Crippen LogP contribution in [0.15, 0.2) is 27.6 Å². The summed E-state index contributed by atoms with van der Waals surface area (Å²) < 4.78 is 8.48. The maximum absolute atomic E-state index is 13.0. The molecule has 0 saturated heterocycles. The van der Waals surface area contributed by atoms with Gasteiger partial charge in [-0.05, 0) is 37.7 Å². The number of hydrogen-bond donors (Lipinski definition) is 1. The van der Waals surface area contributed by atoms with Gasteiger partial charge in [0.15, 0.2) is 5.58 Å². The summed E-state index contributed by atoms with van der Waals surface area (Å²) in [5.74, 6) is 2.65. The van der Waals surface area contributed by atoms with Gasteiger partial charge in [-0.15, -0.1) is 0 Å². The zero-order valence-electron chi connectivity index (χ0n) is 16.0. The Morgan fingerprint density at radius 3 is 2.89 bits per heavy atom. The fraction of sp³-hybridized carbons (Fsp3) is 0.526. The number of fused-ring (bicyclic) bond motifs is 3. The number of carbonyl (C=O) groups excluding carboxylic acids is 1. The molecule has 3 heterocycles. The molecule has 0 spiro atoms. The van der Waals surface area contributed by atoms with Crippen molar-refractivity contribution in [1.82, 2.24) is 19.5 Å². The first kappa shape index (κ1) is 19.5. The van der Waals surface area contributed by atoms with Crippen LogP contribution >= 0.6 is 11.8 Å². The second kappa shape index (κ2) is 8.65. The number of carbonyl (C=O) groups is 1. The van der Waals surface area contributed by atoms with Gasteiger partial charge in [0.2, 0.25) is 5.91 Å². The van der Waals surface area contributed by atoms with Crippen LogP contribution in [0.2, 0.25) is 0 Å². The van der Waals surface area contributed by atoms with Crippen molar-refractivity contribution in [3.05, 3.63) is 34.6 Å². The Labute approximate surface area is 162 Å². The first-order valence-electron chi connectivity index (χ1n) is 9.42. The molecule has 0 aliphatic carbocycles. The molecule has 0 saturated carbocycles. The molecule has 0 aliphatic rings. The van der Waals surface area contributed by atoms with E-state index in [4.69, 9.17) is 4.42 Å². The Balaban J connectivity index is 1.80. The minimum atomic E-state index is -0.620. The van der Waals surface area contributed by atoms with Gasteiger partial charge in [-0.2, -0.15) is 16.9 Å². The van der Waals surface area contributed by atoms with Crippen LogP contribution in [0.25, 0.3) is 16.6 Å². The van der Waals surface area contributed by atoms with E-state index >= 15 is 0 Å². The molecule has 0 unspecified atom stereocenters. The van der Waals surface area contributed by atoms with Crippen molar-refractivity contribution in [3.63, 3.8) is 0 Å². The standard InChI is InChI=1S/C19H26N4O3S/c1-4-10-27-11-6-8-20-18(24)14(5-2)23-19(25)16-12-17-15(7-9-26-17)22(16)13(3)21-23/h7,9,12,14H,4-6,8,10-11H2,1-3H3,(H,20,24)/t14-/m1/s1. The molecule has 8 heteroatoms. The van der Waals surface area contributed by atoms with Gasteiger partial charge in [0.25, 0.3) is 5.56 Å². The van der Waals surface area contributed by atoms with Gasteiger partial charge in [0.1, 0.15) is 17.4 Å². The van der Waals surface area contributed by atoms with Gasteiger partial charge >= 0.3 is 0 Å². The summed E-state index contributed by atoms with van der Waals surface area (Å²) in [6.45, 7) is 6.48. The largest absolute Gasteiger partial charge is 0.463 e. The highest BCUT2D eigenvalue weighted by molar-refractivity contribution is 7.99. The third kappa shape index (κ3) is 3.90. The van der Waals surface area contributed by atoms with Crippen LogP contribution in [0.1, 0.15) is 45.0 Å². The minimum Gasteiger partial charge on any atom is -0.463 e. The van der Waals surface area contributed by atoms with Crippen molar-refractivity contribution in [2.24, 2.45) is 0 Å². The van der Waals surface area contributed by atoms with Crippen LogP contribution in [0.4, 0.5) is 0 Å². The Bertz CT molecular complexity index is 988. The quantitative estimate of drug-likeness (QED) is 0.568. The summed E-state index contributed by atoms with van der Waals surface area (Å²) in [5.41, 5.74) is 1.63. The van der Waals surface area contributed by atoms with Crippen molar-refractivity contribution in [2.45, 2.75) is 46.1 Å². The van der Waals surface area contributed by atoms with Crippen LogP contribution < -0.4 is 10.9 Å². The van der Waals surface area contributed by atoms with Crippen molar-refractivity contribution in [3.8, 4) is 0 Å². The molecular weight excluding hydrogens is 364 g/mol. The number of amides is 1. The average Bonchev–Trinajstić information content (AvgIpc) is 3.24. The second-order valence-electron chi connectivity index (χ2n) is 6.51. The summed E-state index contributed by atoms with van der Waals surface area (Å²) in [6.07, 6.45) is 4.16. The van der Waals surface area contributed by atoms with Gasteiger partial charge in [-0.3, -0.25) is 14.0 Å². The van der Waals surface area contributed by atoms with Gasteiger partial charge in [0, 0.05) is 18.7 Å². The van der Waals surface area contributed by atoms with Gasteiger partial charge in [0.05, 0.1) is 11.8 Å². The van der Waals surface area contributed by atoms with Crippen LogP contribution in [-0.2, 0) is 4.79 Å². The van der Waals surface area contributed by atoms with E-state index < -0.39 is 6.04 Å². The van der Waals surface area contributed by atoms with E-state index in [9.17, 15) is 9.59 Å². The van der Waals surface area contributed by atoms with Crippen molar-refractivity contribution < 1.29 is 9.21 Å². The lowest BCUT2D eigenvalue weighted by molar-refractivity contribution is -0.124. The Morgan fingerprint density at radius 2 is 2.15 bits per heavy atom. The number of hydrogen-bond acceptors (Lipinski definition) is 5. The third-order valence-electron chi connectivity index (χ3n) is 4.52. The number of thioether (sulfide) groups is 1. The fourth-order valence-electron chi connectivity index (χ4n) is 3.23. The van der Waals surface area contributed by atoms with Crippen molar-refractivity contribution >= 4 is 34.3 Å². The highest BCUT2D eigenvalue weighted by Crippen LogP contribution is 2.21. The van der Waals surface area contributed by atoms with Crippen LogP contribution in [-0.4, -0.2) is 38.1 Å². The molecule has 146 valence electrons. The smallest absolute Gasteiger partial charge is 0.291 e. The number of furan rings is 1. The van der Waals surface area contributed by atoms with Gasteiger partial charge in [-0.1, -0.05) is 13.8 Å². The summed E-state index contributed by atoms with van der Waals surface area (Å²) in [4.78, 5) is 25.6. The highest BCUT2D eigenvalue weighted by atomic mass is 32.2. The predicted molar refractivity (Wildman–Crippen MR) is 109 cm³/mol. The van der Waals surface area contributed by atoms with E-state index in [0.29, 0.717) is 29.9 Å². The molecule has 1 N–H and O–H groups in total. The lowest BCUT2D eigenvalue weighted by atomic mass is 10.2. The Hall–Kier alpha value is -2.22. The lowest BCUT2D eigenvalue weighted by Crippen LogP contribution is -2.39. The van der Waals surface area contributed by atoms with Gasteiger partial charge < -0.3 is 9.73 Å². The zero-order valence-corrected chi connectivity index (χ0v) is 16.8. The molecule has 0 bridgehead atoms. The third-order valence-corrected chi connectivity index (χ3v) is 5.80. The maximum Gasteiger partial charge on any atom is 0.291 e. The van der Waals surface area contributed by atoms with Crippen LogP contribution in [0.3, 0.4) is 0 Å². The molecule has 1 amide bonds. The predicted octanol–water partition coefficient (Wildman–Crippen LogP) is 3.15. The summed E-state index contributed by atoms with van der Waals surface area (Å²) in [7, 11) is 0. The highest BCUT2D eigenvalue weighted by Gasteiger charge is 2.23. The molecule has 3 rings (SSSR count). The second-order valence-corrected chi connectivity index (χ2v) is 7.74. The van der Waals surface area contributed by atoms with E-state index in [1.165, 1.54) is 4.68 Å². The number of aryl methyl sites for hydroxylation is 1. The van der Waals surface area contributed by atoms with E-state index in [1.807, 2.05) is 25.6 Å². The lowest BCUT2D eigenvalue weighted by Gasteiger charge is -2.18. The number of nitrogens with zero attached hydrogens (tertiary/aromatic N) is 3. The summed E-state index contributed by atoms with van der Waals surface area (Å²) in [5, 5.41) is 7.37. The number of aromatic nitrogens is 3. The minimum absolute atomic E-state index is 0.161. The molecular formula is C19H26N4O3S. The van der Waals surface area contributed by atoms with Crippen LogP contribution in [0, 0.1) is 6.92 Å². The van der Waals surface area contributed by atoms with Gasteiger partial charge in [-0.25, -0.2) is 4.68 Å². The first-order chi connectivity index (χ1) is 13.1. The Kier molecular flexibility index (Phi) is 6.26. The SMILES string of the molecule is CCCSCCCNC(=O)[C@@H](CC)n1nc(C)n2c(cc3occc32)c1=O. The van der Waals surface area contributed by atoms with E-state index in [2.05, 4.69) is 17.3 Å². The van der Waals surface area contributed by atoms with Crippen molar-refractivity contribution in [2.75, 3.05) is 18.1 Å². The number of rotatable bonds is 9. The first-order valence-corrected chi connectivity index (χ1v) is 10.6. The molecule has 0 radical (unpaired) electrons. The molecule has 27 heavy (non-hydrogen) atoms. The van der Waals surface area contributed by atoms with E-state index in [1.54, 1.807) is 22.8 Å². The molecule has 0 fully saturated rings. The normalized spacial score (nSPS) is 12.7. The van der Waals surface area contributed by atoms with E-state index in [-0.39, 0.29) is 11.5 Å². The van der Waals surface area contributed by atoms with Crippen molar-refractivity contribution in [1.29, 1.82) is 0 Å². The van der Waals surface area contributed by atoms with Crippen LogP contribution in [0.5, 0.6) is 0 Å². The fourth-order valence-corrected chi connectivity index (χ4v) is 4.07. The van der Waals surface area contributed by atoms with E-state index in [0.717, 1.165) is 29.9 Å². The molecule has 0 aromatic carbocycles. The average molecular weight is 391 g/mol. The molecule has 3 aromatic rings. The molecule has 0 aliphatic heterocycles. The Morgan fingerprint density at radius 1 is 1.33 bits per heavy atom. The maximum atomic E-state index is 13.0. The monoisotopic (exact) mass is 390 g/mol. The summed E-state index contributed by atoms with van der Waals surface area (Å²) in [6, 6.07) is 2.89. The topological polar surface area (TPSA) is 81.5 Å². The molecule has 3 aromatic heterocycles. The number of nitrogens with one attached hydrogen (secondary N) is 1. The molecule has 7 nitrogen and oxygen atoms in total. The zero-order chi connectivity index (χ0) is 19.4. The molecule has 1 atom stereocenters. The summed E-state index contributed by atoms with van der Waals surface area (Å²) >= 11 is 1.89.